The number of carbonyl (C=O) groups is 2. The summed E-state index contributed by atoms with van der Waals surface area (Å²) in [5, 5.41) is 5.14. The number of amides is 2. The van der Waals surface area contributed by atoms with Crippen LogP contribution < -0.4 is 10.1 Å². The molecule has 0 saturated carbocycles. The fraction of sp³-hybridized carbons (Fsp3) is 0.167. The summed E-state index contributed by atoms with van der Waals surface area (Å²) < 4.78 is 5.40. The van der Waals surface area contributed by atoms with Gasteiger partial charge in [0.25, 0.3) is 11.8 Å². The number of anilines is 1. The molecule has 0 unspecified atom stereocenters. The summed E-state index contributed by atoms with van der Waals surface area (Å²) in [6.07, 6.45) is 0. The first kappa shape index (κ1) is 19.9. The van der Waals surface area contributed by atoms with Crippen LogP contribution in [0.4, 0.5) is 5.69 Å². The molecular formula is C24H22N2O3S. The lowest BCUT2D eigenvalue weighted by Crippen LogP contribution is -2.32. The molecule has 1 aromatic heterocycles. The monoisotopic (exact) mass is 418 g/mol. The van der Waals surface area contributed by atoms with Crippen molar-refractivity contribution in [3.63, 3.8) is 0 Å². The minimum Gasteiger partial charge on any atom is -0.496 e. The van der Waals surface area contributed by atoms with E-state index in [-0.39, 0.29) is 18.4 Å². The fourth-order valence-corrected chi connectivity index (χ4v) is 4.35. The van der Waals surface area contributed by atoms with Gasteiger partial charge in [-0.15, -0.1) is 11.3 Å². The van der Waals surface area contributed by atoms with E-state index in [1.807, 2.05) is 73.8 Å². The number of hydrogen-bond donors (Lipinski definition) is 1. The van der Waals surface area contributed by atoms with E-state index in [0.29, 0.717) is 17.0 Å². The third-order valence-corrected chi connectivity index (χ3v) is 5.99. The standard InChI is InChI=1S/C24H22N2O3S/c1-15-10-11-18(16(2)13-15)25-22-21(20-9-6-12-30-20)23(27)26(24(22)28)14-17-7-4-5-8-19(17)29-3/h4-13,25H,14H2,1-3H3. The van der Waals surface area contributed by atoms with Gasteiger partial charge in [0.2, 0.25) is 0 Å². The Labute approximate surface area is 179 Å². The number of methoxy groups -OCH3 is 1. The van der Waals surface area contributed by atoms with Crippen LogP contribution in [0.15, 0.2) is 65.7 Å². The number of ether oxygens (including phenoxy) is 1. The average Bonchev–Trinajstić information content (AvgIpc) is 3.33. The van der Waals surface area contributed by atoms with E-state index >= 15 is 0 Å². The van der Waals surface area contributed by atoms with Gasteiger partial charge in [0, 0.05) is 16.1 Å². The molecule has 0 radical (unpaired) electrons. The smallest absolute Gasteiger partial charge is 0.278 e. The Balaban J connectivity index is 1.73. The lowest BCUT2D eigenvalue weighted by molar-refractivity contribution is -0.137. The highest BCUT2D eigenvalue weighted by molar-refractivity contribution is 7.11. The highest BCUT2D eigenvalue weighted by Crippen LogP contribution is 2.35. The zero-order valence-corrected chi connectivity index (χ0v) is 17.9. The maximum atomic E-state index is 13.4. The maximum Gasteiger partial charge on any atom is 0.278 e. The molecule has 1 N–H and O–H groups in total. The molecule has 0 fully saturated rings. The highest BCUT2D eigenvalue weighted by Gasteiger charge is 2.40. The maximum absolute atomic E-state index is 13.4. The second kappa shape index (κ2) is 8.16. The Hall–Kier alpha value is -3.38. The van der Waals surface area contributed by atoms with Gasteiger partial charge in [0.1, 0.15) is 11.4 Å². The molecule has 4 rings (SSSR count). The molecule has 0 aliphatic carbocycles. The van der Waals surface area contributed by atoms with Crippen molar-refractivity contribution >= 4 is 34.4 Å². The van der Waals surface area contributed by atoms with E-state index in [2.05, 4.69) is 5.32 Å². The SMILES string of the molecule is COc1ccccc1CN1C(=O)C(Nc2ccc(C)cc2C)=C(c2cccs2)C1=O. The van der Waals surface area contributed by atoms with E-state index < -0.39 is 0 Å². The predicted molar refractivity (Wildman–Crippen MR) is 119 cm³/mol. The van der Waals surface area contributed by atoms with Crippen LogP contribution in [0, 0.1) is 13.8 Å². The first-order chi connectivity index (χ1) is 14.5. The Bertz CT molecular complexity index is 1150. The topological polar surface area (TPSA) is 58.6 Å². The summed E-state index contributed by atoms with van der Waals surface area (Å²) in [5.74, 6) is 0.00136. The molecule has 2 heterocycles. The van der Waals surface area contributed by atoms with E-state index in [0.717, 1.165) is 27.3 Å². The Morgan fingerprint density at radius 1 is 1.00 bits per heavy atom. The van der Waals surface area contributed by atoms with Crippen molar-refractivity contribution in [3.8, 4) is 5.75 Å². The number of nitrogens with one attached hydrogen (secondary N) is 1. The van der Waals surface area contributed by atoms with Crippen molar-refractivity contribution in [2.75, 3.05) is 12.4 Å². The molecule has 30 heavy (non-hydrogen) atoms. The molecule has 5 nitrogen and oxygen atoms in total. The van der Waals surface area contributed by atoms with E-state index in [1.165, 1.54) is 16.2 Å². The number of nitrogens with zero attached hydrogens (tertiary/aromatic N) is 1. The lowest BCUT2D eigenvalue weighted by atomic mass is 10.1. The summed E-state index contributed by atoms with van der Waals surface area (Å²) in [5.41, 5.74) is 4.45. The summed E-state index contributed by atoms with van der Waals surface area (Å²) >= 11 is 1.44. The van der Waals surface area contributed by atoms with Crippen molar-refractivity contribution in [2.24, 2.45) is 0 Å². The molecule has 0 bridgehead atoms. The molecule has 3 aromatic rings. The van der Waals surface area contributed by atoms with Crippen molar-refractivity contribution in [1.29, 1.82) is 0 Å². The van der Waals surface area contributed by atoms with Crippen LogP contribution in [0.3, 0.4) is 0 Å². The summed E-state index contributed by atoms with van der Waals surface area (Å²) in [6.45, 7) is 4.15. The van der Waals surface area contributed by atoms with Gasteiger partial charge in [-0.2, -0.15) is 0 Å². The number of carbonyl (C=O) groups excluding carboxylic acids is 2. The fourth-order valence-electron chi connectivity index (χ4n) is 3.58. The molecule has 2 aromatic carbocycles. The Morgan fingerprint density at radius 2 is 1.80 bits per heavy atom. The van der Waals surface area contributed by atoms with Crippen molar-refractivity contribution in [2.45, 2.75) is 20.4 Å². The first-order valence-electron chi connectivity index (χ1n) is 9.60. The quantitative estimate of drug-likeness (QED) is 0.586. The predicted octanol–water partition coefficient (Wildman–Crippen LogP) is 4.77. The number of imide groups is 1. The zero-order chi connectivity index (χ0) is 21.3. The van der Waals surface area contributed by atoms with E-state index in [4.69, 9.17) is 4.74 Å². The van der Waals surface area contributed by atoms with Crippen LogP contribution in [0.5, 0.6) is 5.75 Å². The second-order valence-electron chi connectivity index (χ2n) is 7.18. The van der Waals surface area contributed by atoms with Gasteiger partial charge < -0.3 is 10.1 Å². The molecule has 0 spiro atoms. The van der Waals surface area contributed by atoms with E-state index in [1.54, 1.807) is 7.11 Å². The zero-order valence-electron chi connectivity index (χ0n) is 17.1. The Kier molecular flexibility index (Phi) is 5.42. The van der Waals surface area contributed by atoms with Gasteiger partial charge in [-0.25, -0.2) is 0 Å². The van der Waals surface area contributed by atoms with Crippen LogP contribution in [-0.4, -0.2) is 23.8 Å². The molecule has 0 saturated heterocycles. The van der Waals surface area contributed by atoms with Crippen LogP contribution in [0.25, 0.3) is 5.57 Å². The number of benzene rings is 2. The molecule has 1 aliphatic rings. The number of rotatable bonds is 6. The summed E-state index contributed by atoms with van der Waals surface area (Å²) in [4.78, 5) is 28.7. The highest BCUT2D eigenvalue weighted by atomic mass is 32.1. The third kappa shape index (κ3) is 3.62. The number of thiophene rings is 1. The Morgan fingerprint density at radius 3 is 2.50 bits per heavy atom. The lowest BCUT2D eigenvalue weighted by Gasteiger charge is -2.17. The van der Waals surface area contributed by atoms with Crippen LogP contribution in [0.1, 0.15) is 21.6 Å². The molecule has 2 amide bonds. The number of hydrogen-bond acceptors (Lipinski definition) is 5. The minimum atomic E-state index is -0.339. The molecule has 0 atom stereocenters. The molecule has 152 valence electrons. The minimum absolute atomic E-state index is 0.147. The van der Waals surface area contributed by atoms with Gasteiger partial charge in [0.05, 0.1) is 19.2 Å². The van der Waals surface area contributed by atoms with Crippen molar-refractivity contribution in [3.05, 3.63) is 87.2 Å². The van der Waals surface area contributed by atoms with Crippen LogP contribution in [0.2, 0.25) is 0 Å². The third-order valence-electron chi connectivity index (χ3n) is 5.10. The van der Waals surface area contributed by atoms with Crippen LogP contribution >= 0.6 is 11.3 Å². The molecular weight excluding hydrogens is 396 g/mol. The largest absolute Gasteiger partial charge is 0.496 e. The average molecular weight is 419 g/mol. The summed E-state index contributed by atoms with van der Waals surface area (Å²) in [6, 6.07) is 17.1. The van der Waals surface area contributed by atoms with Gasteiger partial charge in [-0.05, 0) is 43.0 Å². The van der Waals surface area contributed by atoms with Crippen LogP contribution in [-0.2, 0) is 16.1 Å². The molecule has 1 aliphatic heterocycles. The van der Waals surface area contributed by atoms with Crippen molar-refractivity contribution < 1.29 is 14.3 Å². The van der Waals surface area contributed by atoms with Gasteiger partial charge >= 0.3 is 0 Å². The summed E-state index contributed by atoms with van der Waals surface area (Å²) in [7, 11) is 1.58. The number of para-hydroxylation sites is 1. The van der Waals surface area contributed by atoms with Crippen molar-refractivity contribution in [1.82, 2.24) is 4.90 Å². The van der Waals surface area contributed by atoms with Gasteiger partial charge in [-0.3, -0.25) is 14.5 Å². The molecule has 6 heteroatoms. The van der Waals surface area contributed by atoms with Gasteiger partial charge in [0.15, 0.2) is 0 Å². The van der Waals surface area contributed by atoms with E-state index in [9.17, 15) is 9.59 Å². The second-order valence-corrected chi connectivity index (χ2v) is 8.13. The van der Waals surface area contributed by atoms with Gasteiger partial charge in [-0.1, -0.05) is 42.0 Å². The normalized spacial score (nSPS) is 13.9. The number of aryl methyl sites for hydroxylation is 2. The first-order valence-corrected chi connectivity index (χ1v) is 10.5.